The average Bonchev–Trinajstić information content (AvgIpc) is 3.20. The lowest BCUT2D eigenvalue weighted by Crippen LogP contribution is -2.28. The van der Waals surface area contributed by atoms with Gasteiger partial charge in [-0.15, -0.1) is 0 Å². The molecule has 0 spiro atoms. The standard InChI is InChI=1S/C26H31N5O3S2/c1-17(16-30-26(28-2)29-11-13-34-14-12-32)21-15-20(18-7-4-3-5-8-18)22-23(27)25(35-24(22)31-21)36(33)19-9-6-10-19/h3-5,7-8,15-16,19,32H,2,6,9-14,27H2,1H3,(H,29,30)/b17-16+/t36-/m1/s1. The molecule has 1 aromatic carbocycles. The van der Waals surface area contributed by atoms with Crippen molar-refractivity contribution in [3.8, 4) is 11.1 Å². The summed E-state index contributed by atoms with van der Waals surface area (Å²) in [6, 6.07) is 12.0. The van der Waals surface area contributed by atoms with Gasteiger partial charge in [0.25, 0.3) is 0 Å². The number of hydrogen-bond donors (Lipinski definition) is 3. The maximum atomic E-state index is 13.2. The molecule has 2 heterocycles. The predicted molar refractivity (Wildman–Crippen MR) is 150 cm³/mol. The highest BCUT2D eigenvalue weighted by Gasteiger charge is 2.35. The highest BCUT2D eigenvalue weighted by atomic mass is 32.2. The van der Waals surface area contributed by atoms with Crippen LogP contribution in [0.25, 0.3) is 26.9 Å². The topological polar surface area (TPSA) is 128 Å². The van der Waals surface area contributed by atoms with Crippen molar-refractivity contribution in [3.05, 3.63) is 48.3 Å². The van der Waals surface area contributed by atoms with E-state index in [2.05, 4.69) is 22.0 Å². The zero-order chi connectivity index (χ0) is 25.5. The molecule has 1 aliphatic carbocycles. The molecule has 190 valence electrons. The molecule has 1 saturated carbocycles. The van der Waals surface area contributed by atoms with E-state index in [1.165, 1.54) is 11.3 Å². The lowest BCUT2D eigenvalue weighted by Gasteiger charge is -2.27. The summed E-state index contributed by atoms with van der Waals surface area (Å²) in [5.74, 6) is 0.366. The number of nitrogens with zero attached hydrogens (tertiary/aromatic N) is 3. The van der Waals surface area contributed by atoms with Gasteiger partial charge in [0.05, 0.1) is 25.5 Å². The zero-order valence-corrected chi connectivity index (χ0v) is 21.9. The van der Waals surface area contributed by atoms with Gasteiger partial charge in [0.2, 0.25) is 10.2 Å². The van der Waals surface area contributed by atoms with Crippen LogP contribution in [0.4, 0.5) is 5.69 Å². The van der Waals surface area contributed by atoms with Crippen LogP contribution in [0, 0.1) is 0 Å². The number of aliphatic hydroxyl groups excluding tert-OH is 1. The molecule has 3 aromatic rings. The van der Waals surface area contributed by atoms with Crippen LogP contribution in [0.15, 0.2) is 56.8 Å². The van der Waals surface area contributed by atoms with Crippen LogP contribution in [-0.4, -0.2) is 58.9 Å². The molecule has 8 nitrogen and oxygen atoms in total. The SMILES string of the molecule is C=N/C(=N\C=C(/C)c1cc(-c2ccccc2)c2c(N)c([S@+]([O-])C3CCC3)sc2n1)NCCOCCO. The monoisotopic (exact) mass is 525 g/mol. The number of nitrogen functional groups attached to an aromatic ring is 1. The Bertz CT molecular complexity index is 1260. The number of pyridine rings is 1. The molecule has 0 radical (unpaired) electrons. The molecule has 10 heteroatoms. The normalized spacial score (nSPS) is 15.6. The Labute approximate surface area is 218 Å². The van der Waals surface area contributed by atoms with Crippen molar-refractivity contribution in [3.63, 3.8) is 0 Å². The Balaban J connectivity index is 1.69. The number of guanidine groups is 1. The van der Waals surface area contributed by atoms with Gasteiger partial charge < -0.3 is 25.4 Å². The quantitative estimate of drug-likeness (QED) is 0.157. The van der Waals surface area contributed by atoms with Gasteiger partial charge in [-0.05, 0) is 55.7 Å². The van der Waals surface area contributed by atoms with E-state index in [-0.39, 0.29) is 18.5 Å². The van der Waals surface area contributed by atoms with E-state index < -0.39 is 11.2 Å². The minimum Gasteiger partial charge on any atom is -0.611 e. The van der Waals surface area contributed by atoms with Gasteiger partial charge in [-0.3, -0.25) is 0 Å². The second-order valence-electron chi connectivity index (χ2n) is 8.44. The number of aromatic nitrogens is 1. The second-order valence-corrected chi connectivity index (χ2v) is 11.4. The van der Waals surface area contributed by atoms with E-state index in [1.54, 1.807) is 6.20 Å². The number of ether oxygens (including phenoxy) is 1. The van der Waals surface area contributed by atoms with E-state index in [9.17, 15) is 4.55 Å². The molecule has 4 rings (SSSR count). The van der Waals surface area contributed by atoms with Gasteiger partial charge in [-0.1, -0.05) is 41.7 Å². The Morgan fingerprint density at radius 2 is 2.14 bits per heavy atom. The van der Waals surface area contributed by atoms with Crippen LogP contribution < -0.4 is 11.1 Å². The molecule has 0 unspecified atom stereocenters. The number of allylic oxidation sites excluding steroid dienone is 1. The maximum Gasteiger partial charge on any atom is 0.232 e. The fraction of sp³-hybridized carbons (Fsp3) is 0.346. The first-order valence-corrected chi connectivity index (χ1v) is 13.9. The number of fused-ring (bicyclic) bond motifs is 1. The molecule has 0 saturated heterocycles. The summed E-state index contributed by atoms with van der Waals surface area (Å²) in [6.45, 7) is 6.68. The summed E-state index contributed by atoms with van der Waals surface area (Å²) in [4.78, 5) is 14.0. The van der Waals surface area contributed by atoms with E-state index in [0.717, 1.165) is 56.1 Å². The molecular formula is C26H31N5O3S2. The fourth-order valence-electron chi connectivity index (χ4n) is 3.80. The summed E-state index contributed by atoms with van der Waals surface area (Å²) in [5.41, 5.74) is 10.7. The van der Waals surface area contributed by atoms with Crippen molar-refractivity contribution in [1.29, 1.82) is 0 Å². The van der Waals surface area contributed by atoms with Gasteiger partial charge in [-0.2, -0.15) is 0 Å². The molecule has 1 aliphatic rings. The Hall–Kier alpha value is -2.76. The average molecular weight is 526 g/mol. The van der Waals surface area contributed by atoms with Crippen LogP contribution in [0.5, 0.6) is 0 Å². The molecule has 0 amide bonds. The van der Waals surface area contributed by atoms with Gasteiger partial charge in [0, 0.05) is 29.3 Å². The molecular weight excluding hydrogens is 494 g/mol. The summed E-state index contributed by atoms with van der Waals surface area (Å²) in [5, 5.41) is 12.9. The number of nitrogens with one attached hydrogen (secondary N) is 1. The van der Waals surface area contributed by atoms with E-state index in [0.29, 0.717) is 24.8 Å². The van der Waals surface area contributed by atoms with Crippen molar-refractivity contribution in [2.75, 3.05) is 32.1 Å². The van der Waals surface area contributed by atoms with Gasteiger partial charge in [0.1, 0.15) is 15.8 Å². The minimum atomic E-state index is -1.12. The molecule has 36 heavy (non-hydrogen) atoms. The maximum absolute atomic E-state index is 13.2. The smallest absolute Gasteiger partial charge is 0.232 e. The third-order valence-electron chi connectivity index (χ3n) is 5.99. The Morgan fingerprint density at radius 3 is 2.81 bits per heavy atom. The summed E-state index contributed by atoms with van der Waals surface area (Å²) >= 11 is 0.306. The van der Waals surface area contributed by atoms with Crippen LogP contribution in [0.3, 0.4) is 0 Å². The van der Waals surface area contributed by atoms with Crippen molar-refractivity contribution in [2.45, 2.75) is 35.6 Å². The van der Waals surface area contributed by atoms with E-state index in [1.807, 2.05) is 43.3 Å². The van der Waals surface area contributed by atoms with E-state index >= 15 is 0 Å². The first kappa shape index (κ1) is 26.3. The van der Waals surface area contributed by atoms with Gasteiger partial charge >= 0.3 is 0 Å². The molecule has 2 aromatic heterocycles. The van der Waals surface area contributed by atoms with Crippen LogP contribution in [0.2, 0.25) is 0 Å². The number of hydrogen-bond acceptors (Lipinski definition) is 7. The first-order valence-electron chi connectivity index (χ1n) is 11.9. The third-order valence-corrected chi connectivity index (χ3v) is 9.29. The minimum absolute atomic E-state index is 0.0151. The highest BCUT2D eigenvalue weighted by Crippen LogP contribution is 2.45. The number of anilines is 1. The number of aliphatic imine (C=N–C) groups is 2. The number of aliphatic hydroxyl groups is 1. The molecule has 1 atom stereocenters. The van der Waals surface area contributed by atoms with Crippen molar-refractivity contribution in [2.24, 2.45) is 9.98 Å². The Morgan fingerprint density at radius 1 is 1.36 bits per heavy atom. The summed E-state index contributed by atoms with van der Waals surface area (Å²) < 4.78 is 19.1. The predicted octanol–water partition coefficient (Wildman–Crippen LogP) is 4.22. The Kier molecular flexibility index (Phi) is 9.11. The van der Waals surface area contributed by atoms with Crippen molar-refractivity contribution < 1.29 is 14.4 Å². The highest BCUT2D eigenvalue weighted by molar-refractivity contribution is 7.94. The molecule has 0 aliphatic heterocycles. The van der Waals surface area contributed by atoms with Crippen molar-refractivity contribution >= 4 is 56.7 Å². The number of benzene rings is 1. The largest absolute Gasteiger partial charge is 0.611 e. The van der Waals surface area contributed by atoms with Crippen LogP contribution in [0.1, 0.15) is 31.9 Å². The zero-order valence-electron chi connectivity index (χ0n) is 20.3. The van der Waals surface area contributed by atoms with Gasteiger partial charge in [-0.25, -0.2) is 15.0 Å². The van der Waals surface area contributed by atoms with E-state index in [4.69, 9.17) is 20.6 Å². The van der Waals surface area contributed by atoms with Crippen LogP contribution >= 0.6 is 11.3 Å². The summed E-state index contributed by atoms with van der Waals surface area (Å²) in [6.07, 6.45) is 4.77. The van der Waals surface area contributed by atoms with Crippen LogP contribution in [-0.2, 0) is 15.9 Å². The lowest BCUT2D eigenvalue weighted by atomic mass is 10.00. The number of thiophene rings is 1. The first-order chi connectivity index (χ1) is 17.5. The fourth-order valence-corrected chi connectivity index (χ4v) is 7.01. The van der Waals surface area contributed by atoms with Crippen molar-refractivity contribution in [1.82, 2.24) is 10.3 Å². The number of nitrogens with two attached hydrogens (primary N) is 1. The summed E-state index contributed by atoms with van der Waals surface area (Å²) in [7, 11) is 0. The third kappa shape index (κ3) is 5.96. The molecule has 4 N–H and O–H groups in total. The lowest BCUT2D eigenvalue weighted by molar-refractivity contribution is 0.0958. The second kappa shape index (κ2) is 12.5. The van der Waals surface area contributed by atoms with Gasteiger partial charge in [0.15, 0.2) is 0 Å². The molecule has 1 fully saturated rings. The molecule has 0 bridgehead atoms. The number of rotatable bonds is 10.